The number of methoxy groups -OCH3 is 1. The van der Waals surface area contributed by atoms with Gasteiger partial charge in [0.25, 0.3) is 0 Å². The van der Waals surface area contributed by atoms with Gasteiger partial charge in [0, 0.05) is 13.7 Å². The van der Waals surface area contributed by atoms with Crippen molar-refractivity contribution in [3.05, 3.63) is 0 Å². The maximum atomic E-state index is 10.5. The van der Waals surface area contributed by atoms with Gasteiger partial charge in [0.2, 0.25) is 0 Å². The van der Waals surface area contributed by atoms with E-state index in [0.717, 1.165) is 38.7 Å². The molecule has 0 aromatic heterocycles. The van der Waals surface area contributed by atoms with Crippen LogP contribution in [-0.2, 0) is 4.74 Å². The third-order valence-electron chi connectivity index (χ3n) is 3.97. The fraction of sp³-hybridized carbons (Fsp3) is 1.00. The first-order valence-electron chi connectivity index (χ1n) is 6.11. The third-order valence-corrected chi connectivity index (χ3v) is 3.97. The maximum absolute atomic E-state index is 10.5. The summed E-state index contributed by atoms with van der Waals surface area (Å²) in [6.07, 6.45) is 5.08. The Morgan fingerprint density at radius 3 is 2.53 bits per heavy atom. The van der Waals surface area contributed by atoms with Crippen LogP contribution in [0.15, 0.2) is 0 Å². The summed E-state index contributed by atoms with van der Waals surface area (Å²) in [6, 6.07) is 0. The van der Waals surface area contributed by atoms with E-state index in [1.165, 1.54) is 0 Å². The number of hydrogen-bond donors (Lipinski definition) is 1. The van der Waals surface area contributed by atoms with Gasteiger partial charge in [0.1, 0.15) is 0 Å². The summed E-state index contributed by atoms with van der Waals surface area (Å²) < 4.78 is 5.04. The van der Waals surface area contributed by atoms with Crippen molar-refractivity contribution in [3.63, 3.8) is 0 Å². The maximum Gasteiger partial charge on any atom is 0.0674 e. The van der Waals surface area contributed by atoms with Crippen LogP contribution in [0.2, 0.25) is 0 Å². The van der Waals surface area contributed by atoms with Crippen LogP contribution in [0.25, 0.3) is 0 Å². The van der Waals surface area contributed by atoms with E-state index in [2.05, 4.69) is 20.8 Å². The van der Waals surface area contributed by atoms with Crippen LogP contribution >= 0.6 is 0 Å². The molecule has 2 nitrogen and oxygen atoms in total. The summed E-state index contributed by atoms with van der Waals surface area (Å²) >= 11 is 0. The van der Waals surface area contributed by atoms with Crippen molar-refractivity contribution in [1.29, 1.82) is 0 Å². The minimum absolute atomic E-state index is 0.410. The summed E-state index contributed by atoms with van der Waals surface area (Å²) in [6.45, 7) is 7.56. The van der Waals surface area contributed by atoms with Gasteiger partial charge in [-0.2, -0.15) is 0 Å². The molecule has 2 unspecified atom stereocenters. The Bertz CT molecular complexity index is 201. The quantitative estimate of drug-likeness (QED) is 0.729. The van der Waals surface area contributed by atoms with Gasteiger partial charge in [0.15, 0.2) is 0 Å². The van der Waals surface area contributed by atoms with Crippen LogP contribution in [0.3, 0.4) is 0 Å². The smallest absolute Gasteiger partial charge is 0.0674 e. The van der Waals surface area contributed by atoms with Gasteiger partial charge >= 0.3 is 0 Å². The average Bonchev–Trinajstić information content (AvgIpc) is 2.13. The van der Waals surface area contributed by atoms with Crippen molar-refractivity contribution in [3.8, 4) is 0 Å². The predicted molar refractivity (Wildman–Crippen MR) is 62.9 cm³/mol. The number of ether oxygens (including phenoxy) is 1. The van der Waals surface area contributed by atoms with Gasteiger partial charge < -0.3 is 9.84 Å². The van der Waals surface area contributed by atoms with Crippen molar-refractivity contribution in [1.82, 2.24) is 0 Å². The van der Waals surface area contributed by atoms with Crippen LogP contribution in [-0.4, -0.2) is 24.4 Å². The standard InChI is InChI=1S/C13H26O2/c1-11-10-12(2,3)7-8-13(11,14)6-5-9-15-4/h11,14H,5-10H2,1-4H3. The zero-order valence-electron chi connectivity index (χ0n) is 10.7. The molecule has 2 atom stereocenters. The zero-order chi connectivity index (χ0) is 11.5. The molecule has 1 saturated carbocycles. The topological polar surface area (TPSA) is 29.5 Å². The molecule has 1 aliphatic rings. The molecule has 1 aliphatic carbocycles. The molecule has 1 fully saturated rings. The van der Waals surface area contributed by atoms with Gasteiger partial charge in [0.05, 0.1) is 5.60 Å². The molecule has 1 rings (SSSR count). The molecule has 0 amide bonds. The molecule has 0 heterocycles. The van der Waals surface area contributed by atoms with Gasteiger partial charge in [-0.1, -0.05) is 20.8 Å². The molecule has 2 heteroatoms. The summed E-state index contributed by atoms with van der Waals surface area (Å²) in [5.74, 6) is 0.415. The summed E-state index contributed by atoms with van der Waals surface area (Å²) in [7, 11) is 1.72. The SMILES string of the molecule is COCCCC1(O)CCC(C)(C)CC1C. The summed E-state index contributed by atoms with van der Waals surface area (Å²) in [5, 5.41) is 10.5. The minimum Gasteiger partial charge on any atom is -0.390 e. The highest BCUT2D eigenvalue weighted by molar-refractivity contribution is 4.93. The molecule has 0 saturated heterocycles. The van der Waals surface area contributed by atoms with Crippen LogP contribution in [0.5, 0.6) is 0 Å². The van der Waals surface area contributed by atoms with Gasteiger partial charge in [-0.15, -0.1) is 0 Å². The Morgan fingerprint density at radius 2 is 2.00 bits per heavy atom. The highest BCUT2D eigenvalue weighted by Gasteiger charge is 2.41. The molecule has 15 heavy (non-hydrogen) atoms. The molecule has 0 radical (unpaired) electrons. The molecule has 0 aromatic rings. The molecule has 90 valence electrons. The van der Waals surface area contributed by atoms with E-state index in [9.17, 15) is 5.11 Å². The Hall–Kier alpha value is -0.0800. The Kier molecular flexibility index (Phi) is 4.19. The first-order valence-corrected chi connectivity index (χ1v) is 6.11. The second-order valence-electron chi connectivity index (χ2n) is 5.97. The van der Waals surface area contributed by atoms with Crippen molar-refractivity contribution in [2.24, 2.45) is 11.3 Å². The van der Waals surface area contributed by atoms with Crippen LogP contribution < -0.4 is 0 Å². The highest BCUT2D eigenvalue weighted by Crippen LogP contribution is 2.45. The molecule has 1 N–H and O–H groups in total. The van der Waals surface area contributed by atoms with E-state index in [4.69, 9.17) is 4.74 Å². The van der Waals surface area contributed by atoms with Crippen LogP contribution in [0.1, 0.15) is 52.9 Å². The van der Waals surface area contributed by atoms with Crippen LogP contribution in [0, 0.1) is 11.3 Å². The number of hydrogen-bond acceptors (Lipinski definition) is 2. The Balaban J connectivity index is 2.47. The molecule has 0 aliphatic heterocycles. The normalized spacial score (nSPS) is 35.4. The molecular weight excluding hydrogens is 188 g/mol. The predicted octanol–water partition coefficient (Wildman–Crippen LogP) is 2.99. The summed E-state index contributed by atoms with van der Waals surface area (Å²) in [4.78, 5) is 0. The van der Waals surface area contributed by atoms with E-state index in [1.54, 1.807) is 7.11 Å². The zero-order valence-corrected chi connectivity index (χ0v) is 10.7. The lowest BCUT2D eigenvalue weighted by atomic mass is 9.64. The fourth-order valence-corrected chi connectivity index (χ4v) is 2.82. The van der Waals surface area contributed by atoms with E-state index >= 15 is 0 Å². The Morgan fingerprint density at radius 1 is 1.33 bits per heavy atom. The first kappa shape index (κ1) is 13.0. The monoisotopic (exact) mass is 214 g/mol. The molecule has 0 spiro atoms. The first-order chi connectivity index (χ1) is 6.90. The lowest BCUT2D eigenvalue weighted by molar-refractivity contribution is -0.0800. The van der Waals surface area contributed by atoms with E-state index in [0.29, 0.717) is 11.3 Å². The second-order valence-corrected chi connectivity index (χ2v) is 5.97. The van der Waals surface area contributed by atoms with E-state index < -0.39 is 5.60 Å². The number of rotatable bonds is 4. The van der Waals surface area contributed by atoms with E-state index in [-0.39, 0.29) is 0 Å². The second kappa shape index (κ2) is 4.84. The largest absolute Gasteiger partial charge is 0.390 e. The van der Waals surface area contributed by atoms with Crippen molar-refractivity contribution < 1.29 is 9.84 Å². The third kappa shape index (κ3) is 3.46. The van der Waals surface area contributed by atoms with Gasteiger partial charge in [-0.3, -0.25) is 0 Å². The number of aliphatic hydroxyl groups is 1. The van der Waals surface area contributed by atoms with Crippen molar-refractivity contribution >= 4 is 0 Å². The Labute approximate surface area is 94.0 Å². The van der Waals surface area contributed by atoms with Gasteiger partial charge in [-0.05, 0) is 43.4 Å². The van der Waals surface area contributed by atoms with Crippen LogP contribution in [0.4, 0.5) is 0 Å². The minimum atomic E-state index is -0.436. The van der Waals surface area contributed by atoms with E-state index in [1.807, 2.05) is 0 Å². The molecule has 0 aromatic carbocycles. The highest BCUT2D eigenvalue weighted by atomic mass is 16.5. The lowest BCUT2D eigenvalue weighted by Gasteiger charge is -2.45. The molecule has 0 bridgehead atoms. The summed E-state index contributed by atoms with van der Waals surface area (Å²) in [5.41, 5.74) is -0.0268. The average molecular weight is 214 g/mol. The van der Waals surface area contributed by atoms with Crippen molar-refractivity contribution in [2.45, 2.75) is 58.5 Å². The fourth-order valence-electron chi connectivity index (χ4n) is 2.82. The molecular formula is C13H26O2. The lowest BCUT2D eigenvalue weighted by Crippen LogP contribution is -2.44. The van der Waals surface area contributed by atoms with Crippen molar-refractivity contribution in [2.75, 3.05) is 13.7 Å². The van der Waals surface area contributed by atoms with Gasteiger partial charge in [-0.25, -0.2) is 0 Å².